The molecule has 3 aromatic rings. The number of urea groups is 1. The summed E-state index contributed by atoms with van der Waals surface area (Å²) in [4.78, 5) is 37.4. The van der Waals surface area contributed by atoms with Gasteiger partial charge in [-0.05, 0) is 43.2 Å². The van der Waals surface area contributed by atoms with Gasteiger partial charge in [0, 0.05) is 18.2 Å². The first kappa shape index (κ1) is 30.2. The fourth-order valence-corrected chi connectivity index (χ4v) is 3.60. The van der Waals surface area contributed by atoms with Crippen molar-refractivity contribution in [1.29, 1.82) is 0 Å². The van der Waals surface area contributed by atoms with E-state index in [4.69, 9.17) is 10.5 Å². The largest absolute Gasteiger partial charge is 0.376 e. The van der Waals surface area contributed by atoms with Crippen molar-refractivity contribution in [3.63, 3.8) is 0 Å². The number of nitrogens with two attached hydrogens (primary N) is 1. The van der Waals surface area contributed by atoms with Crippen molar-refractivity contribution < 1.29 is 27.9 Å². The van der Waals surface area contributed by atoms with Gasteiger partial charge < -0.3 is 21.1 Å². The van der Waals surface area contributed by atoms with E-state index >= 15 is 0 Å². The van der Waals surface area contributed by atoms with Gasteiger partial charge in [-0.1, -0.05) is 48.5 Å². The fourth-order valence-electron chi connectivity index (χ4n) is 3.60. The van der Waals surface area contributed by atoms with Crippen molar-refractivity contribution in [1.82, 2.24) is 15.8 Å². The van der Waals surface area contributed by atoms with E-state index in [-0.39, 0.29) is 37.8 Å². The molecular weight excluding hydrogens is 520 g/mol. The second-order valence-corrected chi connectivity index (χ2v) is 9.59. The Kier molecular flexibility index (Phi) is 10.3. The highest BCUT2D eigenvalue weighted by Gasteiger charge is 2.26. The third-order valence-corrected chi connectivity index (χ3v) is 5.90. The molecule has 0 saturated heterocycles. The average Bonchev–Trinajstić information content (AvgIpc) is 2.92. The van der Waals surface area contributed by atoms with Crippen LogP contribution in [0.1, 0.15) is 31.4 Å². The molecule has 0 atom stereocenters. The van der Waals surface area contributed by atoms with E-state index in [1.165, 1.54) is 27.0 Å². The summed E-state index contributed by atoms with van der Waals surface area (Å²) in [6.45, 7) is 2.58. The van der Waals surface area contributed by atoms with Crippen molar-refractivity contribution in [2.24, 2.45) is 5.73 Å². The zero-order valence-corrected chi connectivity index (χ0v) is 22.6. The number of carbonyl (C=O) groups is 3. The van der Waals surface area contributed by atoms with Gasteiger partial charge in [0.1, 0.15) is 11.6 Å². The summed E-state index contributed by atoms with van der Waals surface area (Å²) < 4.78 is 33.0. The van der Waals surface area contributed by atoms with Gasteiger partial charge in [0.05, 0.1) is 37.4 Å². The monoisotopic (exact) mass is 553 g/mol. The van der Waals surface area contributed by atoms with Gasteiger partial charge in [-0.3, -0.25) is 15.0 Å². The smallest absolute Gasteiger partial charge is 0.318 e. The molecule has 0 radical (unpaired) electrons. The maximum atomic E-state index is 13.8. The Labute approximate surface area is 231 Å². The van der Waals surface area contributed by atoms with Gasteiger partial charge in [0.25, 0.3) is 5.91 Å². The highest BCUT2D eigenvalue weighted by molar-refractivity contribution is 5.94. The molecule has 9 nitrogen and oxygen atoms in total. The summed E-state index contributed by atoms with van der Waals surface area (Å²) in [5, 5.41) is 6.44. The van der Waals surface area contributed by atoms with Crippen LogP contribution in [0.25, 0.3) is 11.1 Å². The predicted octanol–water partition coefficient (Wildman–Crippen LogP) is 4.09. The fraction of sp³-hybridized carbons (Fsp3) is 0.276. The number of ether oxygens (including phenoxy) is 1. The first-order valence-corrected chi connectivity index (χ1v) is 12.6. The normalized spacial score (nSPS) is 11.1. The Morgan fingerprint density at radius 3 is 2.23 bits per heavy atom. The first-order valence-electron chi connectivity index (χ1n) is 12.6. The molecule has 5 N–H and O–H groups in total. The van der Waals surface area contributed by atoms with Gasteiger partial charge in [-0.2, -0.15) is 0 Å². The minimum Gasteiger partial charge on any atom is -0.376 e. The van der Waals surface area contributed by atoms with Gasteiger partial charge in [-0.15, -0.1) is 0 Å². The lowest BCUT2D eigenvalue weighted by atomic mass is 10.0. The molecular formula is C29H33F2N5O4. The zero-order valence-electron chi connectivity index (χ0n) is 22.6. The number of benzene rings is 3. The van der Waals surface area contributed by atoms with Crippen LogP contribution >= 0.6 is 0 Å². The van der Waals surface area contributed by atoms with Crippen LogP contribution < -0.4 is 21.8 Å². The van der Waals surface area contributed by atoms with Crippen molar-refractivity contribution in [3.8, 4) is 11.1 Å². The number of nitrogens with one attached hydrogen (secondary N) is 3. The van der Waals surface area contributed by atoms with Crippen LogP contribution in [0.4, 0.5) is 19.3 Å². The lowest BCUT2D eigenvalue weighted by Gasteiger charge is -2.27. The minimum atomic E-state index is -1.25. The molecule has 4 amide bonds. The number of hydrazine groups is 1. The van der Waals surface area contributed by atoms with E-state index in [0.29, 0.717) is 11.3 Å². The summed E-state index contributed by atoms with van der Waals surface area (Å²) in [5.74, 6) is -2.52. The van der Waals surface area contributed by atoms with Crippen LogP contribution in [0, 0.1) is 11.6 Å². The van der Waals surface area contributed by atoms with E-state index in [9.17, 15) is 23.2 Å². The molecule has 212 valence electrons. The van der Waals surface area contributed by atoms with Crippen LogP contribution in [0.2, 0.25) is 0 Å². The SMILES string of the molecule is CNC(=O)Nc1ccccc1-c1ccc(CN(NC(=O)C(C)(C)N)C(=O)CCOCc2c(F)cccc2F)cc1. The lowest BCUT2D eigenvalue weighted by Crippen LogP contribution is -2.56. The highest BCUT2D eigenvalue weighted by Crippen LogP contribution is 2.28. The summed E-state index contributed by atoms with van der Waals surface area (Å²) in [7, 11) is 1.53. The molecule has 11 heteroatoms. The number of para-hydroxylation sites is 1. The van der Waals surface area contributed by atoms with Gasteiger partial charge in [0.15, 0.2) is 0 Å². The number of hydrogen-bond donors (Lipinski definition) is 4. The molecule has 3 aromatic carbocycles. The number of hydrogen-bond acceptors (Lipinski definition) is 5. The predicted molar refractivity (Wildman–Crippen MR) is 148 cm³/mol. The summed E-state index contributed by atoms with van der Waals surface area (Å²) in [6.07, 6.45) is -0.155. The topological polar surface area (TPSA) is 126 Å². The van der Waals surface area contributed by atoms with Crippen LogP contribution in [0.5, 0.6) is 0 Å². The Balaban J connectivity index is 1.70. The first-order chi connectivity index (χ1) is 19.0. The third kappa shape index (κ3) is 8.32. The van der Waals surface area contributed by atoms with Gasteiger partial charge >= 0.3 is 6.03 Å². The van der Waals surface area contributed by atoms with Crippen LogP contribution in [0.3, 0.4) is 0 Å². The standard InChI is InChI=1S/C29H33F2N5O4/c1-29(2,32)27(38)35-36(26(37)15-16-40-18-22-23(30)8-6-9-24(22)31)17-19-11-13-20(14-12-19)21-7-4-5-10-25(21)34-28(39)33-3/h4-14H,15-18,32H2,1-3H3,(H,35,38)(H2,33,34,39). The molecule has 0 unspecified atom stereocenters. The number of nitrogens with zero attached hydrogens (tertiary/aromatic N) is 1. The van der Waals surface area contributed by atoms with E-state index in [1.54, 1.807) is 18.2 Å². The molecule has 0 aliphatic carbocycles. The molecule has 0 fully saturated rings. The molecule has 40 heavy (non-hydrogen) atoms. The molecule has 0 heterocycles. The number of halogens is 2. The Morgan fingerprint density at radius 2 is 1.60 bits per heavy atom. The minimum absolute atomic E-state index is 0.0288. The molecule has 0 saturated carbocycles. The lowest BCUT2D eigenvalue weighted by molar-refractivity contribution is -0.144. The highest BCUT2D eigenvalue weighted by atomic mass is 19.1. The number of carbonyl (C=O) groups excluding carboxylic acids is 3. The van der Waals surface area contributed by atoms with E-state index in [0.717, 1.165) is 28.3 Å². The molecule has 3 rings (SSSR count). The second-order valence-electron chi connectivity index (χ2n) is 9.59. The summed E-state index contributed by atoms with van der Waals surface area (Å²) in [6, 6.07) is 17.7. The Morgan fingerprint density at radius 1 is 0.950 bits per heavy atom. The summed E-state index contributed by atoms with van der Waals surface area (Å²) >= 11 is 0. The van der Waals surface area contributed by atoms with Gasteiger partial charge in [-0.25, -0.2) is 18.6 Å². The van der Waals surface area contributed by atoms with E-state index in [1.807, 2.05) is 30.3 Å². The van der Waals surface area contributed by atoms with Gasteiger partial charge in [0.2, 0.25) is 5.91 Å². The van der Waals surface area contributed by atoms with E-state index < -0.39 is 29.0 Å². The third-order valence-electron chi connectivity index (χ3n) is 5.90. The van der Waals surface area contributed by atoms with Crippen molar-refractivity contribution in [3.05, 3.63) is 89.5 Å². The Bertz CT molecular complexity index is 1320. The van der Waals surface area contributed by atoms with E-state index in [2.05, 4.69) is 16.1 Å². The molecule has 0 aliphatic rings. The van der Waals surface area contributed by atoms with Crippen LogP contribution in [-0.4, -0.2) is 42.0 Å². The maximum Gasteiger partial charge on any atom is 0.318 e. The van der Waals surface area contributed by atoms with Crippen molar-refractivity contribution in [2.75, 3.05) is 19.0 Å². The maximum absolute atomic E-state index is 13.8. The summed E-state index contributed by atoms with van der Waals surface area (Å²) in [5.41, 5.74) is 9.94. The number of anilines is 1. The molecule has 0 aromatic heterocycles. The molecule has 0 aliphatic heterocycles. The van der Waals surface area contributed by atoms with Crippen molar-refractivity contribution >= 4 is 23.5 Å². The second kappa shape index (κ2) is 13.6. The zero-order chi connectivity index (χ0) is 29.3. The molecule has 0 bridgehead atoms. The average molecular weight is 554 g/mol. The number of amides is 4. The Hall–Kier alpha value is -4.35. The molecule has 0 spiro atoms. The van der Waals surface area contributed by atoms with Crippen molar-refractivity contribution in [2.45, 2.75) is 39.0 Å². The number of rotatable bonds is 10. The van der Waals surface area contributed by atoms with Crippen LogP contribution in [0.15, 0.2) is 66.7 Å². The quantitative estimate of drug-likeness (QED) is 0.222. The van der Waals surface area contributed by atoms with Crippen LogP contribution in [-0.2, 0) is 27.5 Å².